The van der Waals surface area contributed by atoms with Crippen molar-refractivity contribution in [2.24, 2.45) is 0 Å². The van der Waals surface area contributed by atoms with E-state index < -0.39 is 0 Å². The average molecular weight is 283 g/mol. The van der Waals surface area contributed by atoms with Gasteiger partial charge in [0.25, 0.3) is 0 Å². The number of hydrogen-bond acceptors (Lipinski definition) is 4. The molecule has 2 rings (SSSR count). The van der Waals surface area contributed by atoms with E-state index in [1.807, 2.05) is 37.3 Å². The first-order valence-corrected chi connectivity index (χ1v) is 6.81. The maximum atomic E-state index is 8.96. The van der Waals surface area contributed by atoms with Gasteiger partial charge >= 0.3 is 0 Å². The highest BCUT2D eigenvalue weighted by molar-refractivity contribution is 5.42. The number of hydrogen-bond donors (Lipinski definition) is 0. The molecule has 0 bridgehead atoms. The van der Waals surface area contributed by atoms with Gasteiger partial charge < -0.3 is 14.2 Å². The summed E-state index contributed by atoms with van der Waals surface area (Å²) in [5.74, 6) is 2.09. The summed E-state index contributed by atoms with van der Waals surface area (Å²) in [6, 6.07) is 16.7. The Hall–Kier alpha value is -2.67. The molecule has 0 aliphatic carbocycles. The Kier molecular flexibility index (Phi) is 5.48. The molecule has 0 spiro atoms. The summed E-state index contributed by atoms with van der Waals surface area (Å²) in [4.78, 5) is 0. The van der Waals surface area contributed by atoms with Crippen molar-refractivity contribution in [3.63, 3.8) is 0 Å². The van der Waals surface area contributed by atoms with E-state index in [1.54, 1.807) is 18.2 Å². The molecule has 0 radical (unpaired) electrons. The van der Waals surface area contributed by atoms with Gasteiger partial charge in [0.15, 0.2) is 0 Å². The van der Waals surface area contributed by atoms with Crippen molar-refractivity contribution >= 4 is 0 Å². The standard InChI is InChI=1S/C17H17NO3/c1-2-19-15-7-5-8-16(12-15)20-10-11-21-17-9-4-3-6-14(17)13-18/h3-9,12H,2,10-11H2,1H3. The maximum Gasteiger partial charge on any atom is 0.137 e. The van der Waals surface area contributed by atoms with Crippen LogP contribution in [0.15, 0.2) is 48.5 Å². The fraction of sp³-hybridized carbons (Fsp3) is 0.235. The van der Waals surface area contributed by atoms with Crippen LogP contribution >= 0.6 is 0 Å². The van der Waals surface area contributed by atoms with Crippen LogP contribution in [0.5, 0.6) is 17.2 Å². The predicted molar refractivity (Wildman–Crippen MR) is 79.8 cm³/mol. The average Bonchev–Trinajstić information content (AvgIpc) is 2.53. The molecule has 4 heteroatoms. The molecule has 0 atom stereocenters. The van der Waals surface area contributed by atoms with Gasteiger partial charge in [-0.05, 0) is 31.2 Å². The van der Waals surface area contributed by atoms with Crippen molar-refractivity contribution in [2.45, 2.75) is 6.92 Å². The number of benzene rings is 2. The van der Waals surface area contributed by atoms with Gasteiger partial charge in [-0.15, -0.1) is 0 Å². The first-order valence-electron chi connectivity index (χ1n) is 6.81. The van der Waals surface area contributed by atoms with Gasteiger partial charge in [-0.25, -0.2) is 0 Å². The second-order valence-electron chi connectivity index (χ2n) is 4.21. The van der Waals surface area contributed by atoms with Crippen LogP contribution in [-0.4, -0.2) is 19.8 Å². The van der Waals surface area contributed by atoms with Crippen LogP contribution in [-0.2, 0) is 0 Å². The van der Waals surface area contributed by atoms with E-state index in [0.717, 1.165) is 11.5 Å². The van der Waals surface area contributed by atoms with Crippen LogP contribution in [0.4, 0.5) is 0 Å². The van der Waals surface area contributed by atoms with Crippen LogP contribution in [0.3, 0.4) is 0 Å². The van der Waals surface area contributed by atoms with E-state index in [4.69, 9.17) is 19.5 Å². The lowest BCUT2D eigenvalue weighted by Gasteiger charge is -2.10. The zero-order valence-electron chi connectivity index (χ0n) is 11.9. The molecule has 0 aromatic heterocycles. The molecule has 0 N–H and O–H groups in total. The summed E-state index contributed by atoms with van der Waals surface area (Å²) < 4.78 is 16.6. The molecule has 2 aromatic carbocycles. The highest BCUT2D eigenvalue weighted by Crippen LogP contribution is 2.20. The molecule has 21 heavy (non-hydrogen) atoms. The molecular weight excluding hydrogens is 266 g/mol. The van der Waals surface area contributed by atoms with Gasteiger partial charge in [0.1, 0.15) is 36.5 Å². The third-order valence-corrected chi connectivity index (χ3v) is 2.73. The summed E-state index contributed by atoms with van der Waals surface area (Å²) >= 11 is 0. The SMILES string of the molecule is CCOc1cccc(OCCOc2ccccc2C#N)c1. The molecule has 0 aliphatic rings. The summed E-state index contributed by atoms with van der Waals surface area (Å²) in [6.45, 7) is 3.33. The number of ether oxygens (including phenoxy) is 3. The van der Waals surface area contributed by atoms with Crippen molar-refractivity contribution in [1.82, 2.24) is 0 Å². The fourth-order valence-electron chi connectivity index (χ4n) is 1.82. The molecule has 0 heterocycles. The molecular formula is C17H17NO3. The summed E-state index contributed by atoms with van der Waals surface area (Å²) in [5.41, 5.74) is 0.524. The van der Waals surface area contributed by atoms with Crippen LogP contribution in [0, 0.1) is 11.3 Å². The van der Waals surface area contributed by atoms with Gasteiger partial charge in [0.2, 0.25) is 0 Å². The van der Waals surface area contributed by atoms with Gasteiger partial charge in [0, 0.05) is 6.07 Å². The van der Waals surface area contributed by atoms with Gasteiger partial charge in [-0.1, -0.05) is 18.2 Å². The minimum absolute atomic E-state index is 0.373. The first kappa shape index (κ1) is 14.7. The Morgan fingerprint density at radius 3 is 2.38 bits per heavy atom. The highest BCUT2D eigenvalue weighted by Gasteiger charge is 2.02. The van der Waals surface area contributed by atoms with Crippen LogP contribution < -0.4 is 14.2 Å². The van der Waals surface area contributed by atoms with Gasteiger partial charge in [0.05, 0.1) is 12.2 Å². The zero-order chi connectivity index (χ0) is 14.9. The zero-order valence-corrected chi connectivity index (χ0v) is 11.9. The lowest BCUT2D eigenvalue weighted by molar-refractivity contribution is 0.216. The third-order valence-electron chi connectivity index (χ3n) is 2.73. The second-order valence-corrected chi connectivity index (χ2v) is 4.21. The van der Waals surface area contributed by atoms with E-state index in [9.17, 15) is 0 Å². The van der Waals surface area contributed by atoms with Gasteiger partial charge in [-0.3, -0.25) is 0 Å². The van der Waals surface area contributed by atoms with Crippen molar-refractivity contribution in [3.8, 4) is 23.3 Å². The quantitative estimate of drug-likeness (QED) is 0.731. The Balaban J connectivity index is 1.82. The summed E-state index contributed by atoms with van der Waals surface area (Å²) in [5, 5.41) is 8.96. The molecule has 0 unspecified atom stereocenters. The van der Waals surface area contributed by atoms with E-state index in [0.29, 0.717) is 31.1 Å². The van der Waals surface area contributed by atoms with E-state index in [2.05, 4.69) is 6.07 Å². The maximum absolute atomic E-state index is 8.96. The smallest absolute Gasteiger partial charge is 0.137 e. The minimum atomic E-state index is 0.373. The first-order chi connectivity index (χ1) is 10.3. The number of nitriles is 1. The topological polar surface area (TPSA) is 51.5 Å². The van der Waals surface area contributed by atoms with E-state index in [1.165, 1.54) is 0 Å². The van der Waals surface area contributed by atoms with Crippen molar-refractivity contribution in [2.75, 3.05) is 19.8 Å². The Labute approximate surface area is 124 Å². The van der Waals surface area contributed by atoms with E-state index >= 15 is 0 Å². The lowest BCUT2D eigenvalue weighted by Crippen LogP contribution is -2.09. The number of para-hydroxylation sites is 1. The molecule has 2 aromatic rings. The third kappa shape index (κ3) is 4.43. The monoisotopic (exact) mass is 283 g/mol. The number of rotatable bonds is 7. The molecule has 0 amide bonds. The molecule has 0 saturated carbocycles. The van der Waals surface area contributed by atoms with Crippen molar-refractivity contribution < 1.29 is 14.2 Å². The lowest BCUT2D eigenvalue weighted by atomic mass is 10.2. The Bertz CT molecular complexity index is 619. The second kappa shape index (κ2) is 7.81. The molecule has 108 valence electrons. The van der Waals surface area contributed by atoms with Crippen molar-refractivity contribution in [3.05, 3.63) is 54.1 Å². The summed E-state index contributed by atoms with van der Waals surface area (Å²) in [7, 11) is 0. The molecule has 4 nitrogen and oxygen atoms in total. The van der Waals surface area contributed by atoms with Crippen LogP contribution in [0.2, 0.25) is 0 Å². The highest BCUT2D eigenvalue weighted by atomic mass is 16.5. The normalized spacial score (nSPS) is 9.71. The van der Waals surface area contributed by atoms with Crippen LogP contribution in [0.1, 0.15) is 12.5 Å². The molecule has 0 saturated heterocycles. The molecule has 0 fully saturated rings. The summed E-state index contributed by atoms with van der Waals surface area (Å²) in [6.07, 6.45) is 0. The minimum Gasteiger partial charge on any atom is -0.494 e. The fourth-order valence-corrected chi connectivity index (χ4v) is 1.82. The van der Waals surface area contributed by atoms with Gasteiger partial charge in [-0.2, -0.15) is 5.26 Å². The number of nitrogens with zero attached hydrogens (tertiary/aromatic N) is 1. The van der Waals surface area contributed by atoms with Crippen LogP contribution in [0.25, 0.3) is 0 Å². The largest absolute Gasteiger partial charge is 0.494 e. The predicted octanol–water partition coefficient (Wildman–Crippen LogP) is 3.41. The Morgan fingerprint density at radius 2 is 1.62 bits per heavy atom. The Morgan fingerprint density at radius 1 is 0.905 bits per heavy atom. The van der Waals surface area contributed by atoms with Crippen molar-refractivity contribution in [1.29, 1.82) is 5.26 Å². The molecule has 0 aliphatic heterocycles. The van der Waals surface area contributed by atoms with E-state index in [-0.39, 0.29) is 0 Å².